The van der Waals surface area contributed by atoms with E-state index < -0.39 is 16.2 Å². The number of hydrogen-bond donors (Lipinski definition) is 0. The molecule has 0 aliphatic heterocycles. The van der Waals surface area contributed by atoms with Crippen molar-refractivity contribution in [1.29, 1.82) is 0 Å². The average molecular weight is 193 g/mol. The van der Waals surface area contributed by atoms with Gasteiger partial charge in [-0.1, -0.05) is 12.0 Å². The van der Waals surface area contributed by atoms with Crippen LogP contribution in [-0.4, -0.2) is 27.3 Å². The molecule has 0 fully saturated rings. The molecule has 6 nitrogen and oxygen atoms in total. The Balaban J connectivity index is 3.97. The van der Waals surface area contributed by atoms with Gasteiger partial charge in [-0.05, 0) is 12.0 Å². The molecule has 0 bridgehead atoms. The topological polar surface area (TPSA) is 92.1 Å². The normalized spacial score (nSPS) is 13.5. The van der Waals surface area contributed by atoms with Gasteiger partial charge in [-0.2, -0.15) is 8.42 Å². The highest BCUT2D eigenvalue weighted by atomic mass is 32.2. The molecule has 0 aromatic heterocycles. The van der Waals surface area contributed by atoms with Crippen molar-refractivity contribution in [3.05, 3.63) is 10.4 Å². The third-order valence-electron chi connectivity index (χ3n) is 1.16. The maximum Gasteiger partial charge on any atom is 0.264 e. The minimum absolute atomic E-state index is 0.0839. The Hall–Kier alpha value is -0.780. The van der Waals surface area contributed by atoms with Crippen molar-refractivity contribution < 1.29 is 12.6 Å². The van der Waals surface area contributed by atoms with Crippen molar-refractivity contribution in [3.63, 3.8) is 0 Å². The van der Waals surface area contributed by atoms with Crippen LogP contribution < -0.4 is 0 Å². The van der Waals surface area contributed by atoms with Crippen LogP contribution in [0.15, 0.2) is 5.11 Å². The fraction of sp³-hybridized carbons (Fsp3) is 1.00. The lowest BCUT2D eigenvalue weighted by atomic mass is 10.3. The molecule has 0 aliphatic carbocycles. The molecule has 1 unspecified atom stereocenters. The third kappa shape index (κ3) is 5.96. The van der Waals surface area contributed by atoms with Gasteiger partial charge in [0.05, 0.1) is 18.9 Å². The van der Waals surface area contributed by atoms with Gasteiger partial charge in [-0.15, -0.1) is 0 Å². The van der Waals surface area contributed by atoms with Gasteiger partial charge in [0.1, 0.15) is 0 Å². The van der Waals surface area contributed by atoms with Crippen LogP contribution in [0.3, 0.4) is 0 Å². The van der Waals surface area contributed by atoms with Gasteiger partial charge in [0.25, 0.3) is 10.1 Å². The van der Waals surface area contributed by atoms with E-state index in [-0.39, 0.29) is 6.61 Å². The lowest BCUT2D eigenvalue weighted by Gasteiger charge is -2.06. The quantitative estimate of drug-likeness (QED) is 0.283. The van der Waals surface area contributed by atoms with E-state index in [0.29, 0.717) is 6.42 Å². The summed E-state index contributed by atoms with van der Waals surface area (Å²) >= 11 is 0. The minimum Gasteiger partial charge on any atom is -0.270 e. The Bertz CT molecular complexity index is 268. The summed E-state index contributed by atoms with van der Waals surface area (Å²) in [7, 11) is -3.43. The minimum atomic E-state index is -3.43. The number of azide groups is 1. The van der Waals surface area contributed by atoms with Gasteiger partial charge in [-0.25, -0.2) is 0 Å². The first-order valence-electron chi connectivity index (χ1n) is 3.38. The summed E-state index contributed by atoms with van der Waals surface area (Å²) in [5.41, 5.74) is 8.05. The number of hydrogen-bond acceptors (Lipinski definition) is 4. The highest BCUT2D eigenvalue weighted by molar-refractivity contribution is 7.85. The Morgan fingerprint density at radius 3 is 2.58 bits per heavy atom. The lowest BCUT2D eigenvalue weighted by molar-refractivity contribution is 0.291. The molecular formula is C5H11N3O3S. The summed E-state index contributed by atoms with van der Waals surface area (Å²) in [6, 6.07) is -0.412. The van der Waals surface area contributed by atoms with Crippen LogP contribution in [0.4, 0.5) is 0 Å². The molecule has 0 radical (unpaired) electrons. The molecule has 0 aromatic rings. The molecule has 0 saturated heterocycles. The molecule has 0 heterocycles. The van der Waals surface area contributed by atoms with E-state index in [4.69, 9.17) is 5.53 Å². The van der Waals surface area contributed by atoms with Crippen LogP contribution >= 0.6 is 0 Å². The maximum atomic E-state index is 10.5. The molecule has 0 aliphatic rings. The van der Waals surface area contributed by atoms with E-state index >= 15 is 0 Å². The number of rotatable bonds is 5. The number of nitrogens with zero attached hydrogens (tertiary/aromatic N) is 3. The van der Waals surface area contributed by atoms with E-state index in [1.54, 1.807) is 6.92 Å². The summed E-state index contributed by atoms with van der Waals surface area (Å²) in [5, 5.41) is 3.34. The van der Waals surface area contributed by atoms with E-state index in [2.05, 4.69) is 14.2 Å². The van der Waals surface area contributed by atoms with Crippen LogP contribution in [0.25, 0.3) is 10.4 Å². The van der Waals surface area contributed by atoms with Gasteiger partial charge in [0.2, 0.25) is 0 Å². The second-order valence-electron chi connectivity index (χ2n) is 2.26. The molecule has 70 valence electrons. The Morgan fingerprint density at radius 2 is 2.25 bits per heavy atom. The maximum absolute atomic E-state index is 10.5. The molecule has 1 atom stereocenters. The monoisotopic (exact) mass is 193 g/mol. The highest BCUT2D eigenvalue weighted by Crippen LogP contribution is 2.00. The van der Waals surface area contributed by atoms with Gasteiger partial charge >= 0.3 is 0 Å². The fourth-order valence-corrected chi connectivity index (χ4v) is 0.912. The Labute approximate surface area is 71.3 Å². The predicted molar refractivity (Wildman–Crippen MR) is 44.0 cm³/mol. The lowest BCUT2D eigenvalue weighted by Crippen LogP contribution is -2.15. The Kier molecular flexibility index (Phi) is 4.65. The van der Waals surface area contributed by atoms with Crippen LogP contribution in [0.1, 0.15) is 13.3 Å². The standard InChI is InChI=1S/C5H11N3O3S/c1-3-5(7-8-6)4-11-12(2,9)10/h5H,3-4H2,1-2H3. The molecule has 0 spiro atoms. The first-order valence-corrected chi connectivity index (χ1v) is 5.20. The SMILES string of the molecule is CCC(COS(C)(=O)=O)N=[N+]=[N-]. The van der Waals surface area contributed by atoms with Crippen LogP contribution in [0.5, 0.6) is 0 Å². The highest BCUT2D eigenvalue weighted by Gasteiger charge is 2.08. The zero-order valence-corrected chi connectivity index (χ0v) is 7.78. The summed E-state index contributed by atoms with van der Waals surface area (Å²) < 4.78 is 25.4. The van der Waals surface area contributed by atoms with E-state index in [9.17, 15) is 8.42 Å². The summed E-state index contributed by atoms with van der Waals surface area (Å²) in [6.45, 7) is 1.70. The second-order valence-corrected chi connectivity index (χ2v) is 3.90. The van der Waals surface area contributed by atoms with E-state index in [1.807, 2.05) is 0 Å². The van der Waals surface area contributed by atoms with Crippen molar-refractivity contribution in [2.24, 2.45) is 5.11 Å². The molecule has 7 heteroatoms. The third-order valence-corrected chi connectivity index (χ3v) is 1.72. The van der Waals surface area contributed by atoms with Crippen molar-refractivity contribution >= 4 is 10.1 Å². The second kappa shape index (κ2) is 4.97. The van der Waals surface area contributed by atoms with E-state index in [0.717, 1.165) is 6.26 Å². The predicted octanol–water partition coefficient (Wildman–Crippen LogP) is 1.05. The zero-order chi connectivity index (χ0) is 9.61. The van der Waals surface area contributed by atoms with Crippen LogP contribution in [-0.2, 0) is 14.3 Å². The van der Waals surface area contributed by atoms with Gasteiger partial charge in [0.15, 0.2) is 0 Å². The van der Waals surface area contributed by atoms with Gasteiger partial charge in [-0.3, -0.25) is 4.18 Å². The Morgan fingerprint density at radius 1 is 1.67 bits per heavy atom. The zero-order valence-electron chi connectivity index (χ0n) is 6.97. The molecule has 0 N–H and O–H groups in total. The van der Waals surface area contributed by atoms with Gasteiger partial charge < -0.3 is 0 Å². The summed E-state index contributed by atoms with van der Waals surface area (Å²) in [6.07, 6.45) is 1.51. The van der Waals surface area contributed by atoms with Crippen LogP contribution in [0.2, 0.25) is 0 Å². The summed E-state index contributed by atoms with van der Waals surface area (Å²) in [5.74, 6) is 0. The summed E-state index contributed by atoms with van der Waals surface area (Å²) in [4.78, 5) is 2.56. The molecule has 0 rings (SSSR count). The first kappa shape index (κ1) is 11.2. The van der Waals surface area contributed by atoms with Crippen molar-refractivity contribution in [2.45, 2.75) is 19.4 Å². The molecule has 12 heavy (non-hydrogen) atoms. The fourth-order valence-electron chi connectivity index (χ4n) is 0.508. The van der Waals surface area contributed by atoms with Crippen molar-refractivity contribution in [2.75, 3.05) is 12.9 Å². The van der Waals surface area contributed by atoms with E-state index in [1.165, 1.54) is 0 Å². The molecule has 0 saturated carbocycles. The van der Waals surface area contributed by atoms with Crippen molar-refractivity contribution in [3.8, 4) is 0 Å². The first-order chi connectivity index (χ1) is 5.49. The molecule has 0 amide bonds. The van der Waals surface area contributed by atoms with Crippen LogP contribution in [0, 0.1) is 0 Å². The largest absolute Gasteiger partial charge is 0.270 e. The average Bonchev–Trinajstić information content (AvgIpc) is 1.96. The smallest absolute Gasteiger partial charge is 0.264 e. The molecular weight excluding hydrogens is 182 g/mol. The molecule has 0 aromatic carbocycles. The van der Waals surface area contributed by atoms with Crippen molar-refractivity contribution in [1.82, 2.24) is 0 Å². The van der Waals surface area contributed by atoms with Gasteiger partial charge in [0, 0.05) is 4.91 Å².